The van der Waals surface area contributed by atoms with E-state index in [2.05, 4.69) is 32.6 Å². The van der Waals surface area contributed by atoms with Gasteiger partial charge in [-0.1, -0.05) is 27.7 Å². The lowest BCUT2D eigenvalue weighted by Gasteiger charge is -2.63. The summed E-state index contributed by atoms with van der Waals surface area (Å²) in [7, 11) is 2.02. The van der Waals surface area contributed by atoms with E-state index in [1.807, 2.05) is 7.05 Å². The SMILES string of the molecule is CC1CC2N(C)C(=O)CCC2(C)C2CCC3(C)C(=O)CC(C)C3C12. The molecule has 3 aliphatic carbocycles. The Kier molecular flexibility index (Phi) is 3.51. The Hall–Kier alpha value is -0.860. The number of carbonyl (C=O) groups is 2. The summed E-state index contributed by atoms with van der Waals surface area (Å²) in [6.07, 6.45) is 5.89. The number of Topliss-reactive ketones (excluding diaryl/α,β-unsaturated/α-hetero) is 1. The van der Waals surface area contributed by atoms with Crippen molar-refractivity contribution < 1.29 is 9.59 Å². The van der Waals surface area contributed by atoms with Gasteiger partial charge in [-0.05, 0) is 60.7 Å². The molecule has 1 aliphatic heterocycles. The molecule has 0 spiro atoms. The minimum atomic E-state index is -0.0750. The summed E-state index contributed by atoms with van der Waals surface area (Å²) >= 11 is 0. The number of hydrogen-bond donors (Lipinski definition) is 0. The minimum Gasteiger partial charge on any atom is -0.342 e. The van der Waals surface area contributed by atoms with Gasteiger partial charge in [-0.25, -0.2) is 0 Å². The fraction of sp³-hybridized carbons (Fsp3) is 0.905. The molecule has 0 aromatic heterocycles. The molecule has 4 aliphatic rings. The standard InChI is InChI=1S/C21H33NO2/c1-12-10-15-20(3,9-7-17(24)22(15)5)14-6-8-21(4)16(23)11-13(2)19(21)18(12)14/h12-15,18-19H,6-11H2,1-5H3. The Morgan fingerprint density at radius 1 is 1.08 bits per heavy atom. The first-order chi connectivity index (χ1) is 11.2. The summed E-state index contributed by atoms with van der Waals surface area (Å²) < 4.78 is 0. The summed E-state index contributed by atoms with van der Waals surface area (Å²) in [4.78, 5) is 27.1. The topological polar surface area (TPSA) is 37.4 Å². The first-order valence-corrected chi connectivity index (χ1v) is 9.99. The van der Waals surface area contributed by atoms with E-state index in [0.29, 0.717) is 53.7 Å². The molecule has 3 saturated carbocycles. The number of ketones is 1. The normalized spacial score (nSPS) is 54.3. The third kappa shape index (κ3) is 1.90. The summed E-state index contributed by atoms with van der Waals surface area (Å²) in [6.45, 7) is 9.42. The third-order valence-electron chi connectivity index (χ3n) is 8.95. The molecular formula is C21H33NO2. The van der Waals surface area contributed by atoms with Crippen LogP contribution in [-0.2, 0) is 9.59 Å². The van der Waals surface area contributed by atoms with Crippen LogP contribution < -0.4 is 0 Å². The maximum Gasteiger partial charge on any atom is 0.222 e. The number of hydrogen-bond acceptors (Lipinski definition) is 2. The Labute approximate surface area is 146 Å². The van der Waals surface area contributed by atoms with E-state index >= 15 is 0 Å². The van der Waals surface area contributed by atoms with Crippen molar-refractivity contribution in [1.82, 2.24) is 4.90 Å². The Morgan fingerprint density at radius 2 is 1.79 bits per heavy atom. The van der Waals surface area contributed by atoms with E-state index in [9.17, 15) is 9.59 Å². The van der Waals surface area contributed by atoms with Crippen molar-refractivity contribution in [2.45, 2.75) is 72.3 Å². The average Bonchev–Trinajstić information content (AvgIpc) is 2.76. The fourth-order valence-corrected chi connectivity index (χ4v) is 7.70. The van der Waals surface area contributed by atoms with E-state index in [1.165, 1.54) is 6.42 Å². The van der Waals surface area contributed by atoms with Crippen LogP contribution in [0.5, 0.6) is 0 Å². The van der Waals surface area contributed by atoms with Gasteiger partial charge in [-0.3, -0.25) is 9.59 Å². The zero-order valence-electron chi connectivity index (χ0n) is 16.0. The molecule has 1 heterocycles. The second-order valence-electron chi connectivity index (χ2n) is 10.0. The highest BCUT2D eigenvalue weighted by Crippen LogP contribution is 2.66. The molecule has 0 N–H and O–H groups in total. The minimum absolute atomic E-state index is 0.0750. The van der Waals surface area contributed by atoms with Gasteiger partial charge in [0.15, 0.2) is 0 Å². The first-order valence-electron chi connectivity index (χ1n) is 9.99. The van der Waals surface area contributed by atoms with Gasteiger partial charge in [-0.2, -0.15) is 0 Å². The number of likely N-dealkylation sites (tertiary alicyclic amines) is 1. The van der Waals surface area contributed by atoms with E-state index in [0.717, 1.165) is 25.7 Å². The highest BCUT2D eigenvalue weighted by molar-refractivity contribution is 5.87. The van der Waals surface area contributed by atoms with Crippen LogP contribution in [0.3, 0.4) is 0 Å². The molecule has 4 rings (SSSR count). The monoisotopic (exact) mass is 331 g/mol. The molecule has 0 aromatic rings. The molecule has 8 unspecified atom stereocenters. The average molecular weight is 332 g/mol. The lowest BCUT2D eigenvalue weighted by atomic mass is 9.44. The van der Waals surface area contributed by atoms with Gasteiger partial charge in [0, 0.05) is 31.3 Å². The van der Waals surface area contributed by atoms with Gasteiger partial charge < -0.3 is 4.90 Å². The molecule has 3 nitrogen and oxygen atoms in total. The molecule has 1 saturated heterocycles. The molecule has 3 heteroatoms. The van der Waals surface area contributed by atoms with Crippen LogP contribution in [0.25, 0.3) is 0 Å². The second-order valence-corrected chi connectivity index (χ2v) is 10.0. The largest absolute Gasteiger partial charge is 0.342 e. The van der Waals surface area contributed by atoms with Crippen molar-refractivity contribution in [2.75, 3.05) is 7.05 Å². The van der Waals surface area contributed by atoms with Gasteiger partial charge in [0.2, 0.25) is 5.91 Å². The maximum absolute atomic E-state index is 12.7. The molecule has 4 fully saturated rings. The Morgan fingerprint density at radius 3 is 2.50 bits per heavy atom. The highest BCUT2D eigenvalue weighted by Gasteiger charge is 2.64. The molecule has 24 heavy (non-hydrogen) atoms. The number of fused-ring (bicyclic) bond motifs is 5. The zero-order valence-corrected chi connectivity index (χ0v) is 16.0. The van der Waals surface area contributed by atoms with Crippen molar-refractivity contribution in [3.63, 3.8) is 0 Å². The number of nitrogens with zero attached hydrogens (tertiary/aromatic N) is 1. The van der Waals surface area contributed by atoms with Crippen LogP contribution in [0.15, 0.2) is 0 Å². The van der Waals surface area contributed by atoms with Gasteiger partial charge in [0.1, 0.15) is 5.78 Å². The van der Waals surface area contributed by atoms with E-state index in [4.69, 9.17) is 0 Å². The van der Waals surface area contributed by atoms with Crippen LogP contribution >= 0.6 is 0 Å². The lowest BCUT2D eigenvalue weighted by molar-refractivity contribution is -0.168. The van der Waals surface area contributed by atoms with Crippen LogP contribution in [0, 0.1) is 40.4 Å². The Bertz CT molecular complexity index is 586. The smallest absolute Gasteiger partial charge is 0.222 e. The third-order valence-corrected chi connectivity index (χ3v) is 8.95. The van der Waals surface area contributed by atoms with Crippen LogP contribution in [-0.4, -0.2) is 29.7 Å². The molecule has 0 aromatic carbocycles. The van der Waals surface area contributed by atoms with Gasteiger partial charge >= 0.3 is 0 Å². The van der Waals surface area contributed by atoms with Crippen LogP contribution in [0.1, 0.15) is 66.2 Å². The van der Waals surface area contributed by atoms with Crippen LogP contribution in [0.2, 0.25) is 0 Å². The van der Waals surface area contributed by atoms with E-state index in [1.54, 1.807) is 0 Å². The fourth-order valence-electron chi connectivity index (χ4n) is 7.70. The predicted molar refractivity (Wildman–Crippen MR) is 94.3 cm³/mol. The molecule has 1 amide bonds. The second kappa shape index (κ2) is 5.08. The van der Waals surface area contributed by atoms with E-state index < -0.39 is 0 Å². The van der Waals surface area contributed by atoms with Crippen molar-refractivity contribution in [2.24, 2.45) is 40.4 Å². The first kappa shape index (κ1) is 16.6. The summed E-state index contributed by atoms with van der Waals surface area (Å²) in [5.74, 6) is 3.88. The molecule has 0 radical (unpaired) electrons. The number of piperidine rings is 1. The van der Waals surface area contributed by atoms with Gasteiger partial charge in [0.25, 0.3) is 0 Å². The highest BCUT2D eigenvalue weighted by atomic mass is 16.2. The summed E-state index contributed by atoms with van der Waals surface area (Å²) in [5, 5.41) is 0. The number of amides is 1. The predicted octanol–water partition coefficient (Wildman–Crippen LogP) is 3.91. The molecule has 0 bridgehead atoms. The molecule has 8 atom stereocenters. The van der Waals surface area contributed by atoms with Crippen molar-refractivity contribution >= 4 is 11.7 Å². The molecular weight excluding hydrogens is 298 g/mol. The maximum atomic E-state index is 12.7. The summed E-state index contributed by atoms with van der Waals surface area (Å²) in [6, 6.07) is 0.395. The Balaban J connectivity index is 1.74. The summed E-state index contributed by atoms with van der Waals surface area (Å²) in [5.41, 5.74) is 0.168. The number of carbonyl (C=O) groups excluding carboxylic acids is 2. The van der Waals surface area contributed by atoms with Gasteiger partial charge in [0.05, 0.1) is 0 Å². The van der Waals surface area contributed by atoms with Crippen molar-refractivity contribution in [3.05, 3.63) is 0 Å². The van der Waals surface area contributed by atoms with Crippen molar-refractivity contribution in [3.8, 4) is 0 Å². The number of rotatable bonds is 0. The quantitative estimate of drug-likeness (QED) is 0.675. The van der Waals surface area contributed by atoms with Gasteiger partial charge in [-0.15, -0.1) is 0 Å². The van der Waals surface area contributed by atoms with Crippen molar-refractivity contribution in [1.29, 1.82) is 0 Å². The lowest BCUT2D eigenvalue weighted by Crippen LogP contribution is -2.63. The van der Waals surface area contributed by atoms with E-state index in [-0.39, 0.29) is 10.8 Å². The van der Waals surface area contributed by atoms with Crippen LogP contribution in [0.4, 0.5) is 0 Å². The molecule has 134 valence electrons. The zero-order chi connectivity index (χ0) is 17.4.